The normalized spacial score (nSPS) is 13.6. The zero-order valence-electron chi connectivity index (χ0n) is 18.4. The highest BCUT2D eigenvalue weighted by Crippen LogP contribution is 2.45. The lowest BCUT2D eigenvalue weighted by atomic mass is 10.1. The van der Waals surface area contributed by atoms with Crippen LogP contribution in [0.3, 0.4) is 0 Å². The molecule has 1 unspecified atom stereocenters. The smallest absolute Gasteiger partial charge is 0.417 e. The number of thiophene rings is 1. The minimum atomic E-state index is -4.88. The molecule has 35 heavy (non-hydrogen) atoms. The van der Waals surface area contributed by atoms with Crippen LogP contribution in [0.4, 0.5) is 13.2 Å². The number of nitriles is 1. The lowest BCUT2D eigenvalue weighted by Crippen LogP contribution is -2.12. The third-order valence-corrected chi connectivity index (χ3v) is 9.91. The number of aryl methyl sites for hydroxylation is 1. The Morgan fingerprint density at radius 2 is 1.86 bits per heavy atom. The molecule has 3 aromatic rings. The van der Waals surface area contributed by atoms with Crippen molar-refractivity contribution in [2.45, 2.75) is 17.3 Å². The van der Waals surface area contributed by atoms with Crippen LogP contribution in [0, 0.1) is 18.3 Å². The van der Waals surface area contributed by atoms with E-state index in [4.69, 9.17) is 14.5 Å². The van der Waals surface area contributed by atoms with Crippen molar-refractivity contribution < 1.29 is 40.3 Å². The van der Waals surface area contributed by atoms with Crippen LogP contribution < -0.4 is 9.26 Å². The summed E-state index contributed by atoms with van der Waals surface area (Å²) in [6.07, 6.45) is -5.73. The number of halogens is 3. The van der Waals surface area contributed by atoms with Crippen molar-refractivity contribution in [3.05, 3.63) is 65.2 Å². The van der Waals surface area contributed by atoms with E-state index in [0.717, 1.165) is 34.6 Å². The number of hydrogen-bond donors (Lipinski definition) is 1. The summed E-state index contributed by atoms with van der Waals surface area (Å²) in [6, 6.07) is 11.9. The maximum atomic E-state index is 13.1. The first kappa shape index (κ1) is 26.8. The minimum Gasteiger partial charge on any atom is -0.496 e. The quantitative estimate of drug-likeness (QED) is 0.363. The molecule has 1 N–H and O–H groups in total. The monoisotopic (exact) mass is 545 g/mol. The van der Waals surface area contributed by atoms with E-state index >= 15 is 0 Å². The molecule has 1 atom stereocenters. The van der Waals surface area contributed by atoms with Crippen LogP contribution in [0.25, 0.3) is 10.4 Å². The molecule has 7 nitrogen and oxygen atoms in total. The Morgan fingerprint density at radius 3 is 2.49 bits per heavy atom. The maximum Gasteiger partial charge on any atom is 0.417 e. The molecule has 0 amide bonds. The van der Waals surface area contributed by atoms with Crippen molar-refractivity contribution in [3.63, 3.8) is 0 Å². The predicted octanol–water partition coefficient (Wildman–Crippen LogP) is 5.66. The van der Waals surface area contributed by atoms with Gasteiger partial charge in [-0.15, -0.1) is 11.3 Å². The fourth-order valence-electron chi connectivity index (χ4n) is 3.07. The van der Waals surface area contributed by atoms with Gasteiger partial charge in [0.15, 0.2) is 9.84 Å². The van der Waals surface area contributed by atoms with E-state index in [9.17, 15) is 31.0 Å². The second kappa shape index (κ2) is 10.0. The Hall–Kier alpha value is -2.84. The zero-order valence-corrected chi connectivity index (χ0v) is 20.9. The fourth-order valence-corrected chi connectivity index (χ4v) is 7.73. The van der Waals surface area contributed by atoms with Gasteiger partial charge in [0, 0.05) is 4.88 Å². The SMILES string of the molecule is COc1cc(-c2ccc(S(=O)(=O)CCP(=O)(O)Oc3ccc(C#N)c(C(F)(F)F)c3)s2)ccc1C. The molecule has 0 radical (unpaired) electrons. The highest BCUT2D eigenvalue weighted by Gasteiger charge is 2.35. The number of sulfone groups is 1. The summed E-state index contributed by atoms with van der Waals surface area (Å²) in [5, 5.41) is 8.83. The lowest BCUT2D eigenvalue weighted by Gasteiger charge is -2.15. The standard InChI is InChI=1S/C22H19F3NO6PS2/c1-14-3-4-15(11-19(14)31-2)20-7-8-21(34-20)35(29,30)10-9-33(27,28)32-17-6-5-16(13-26)18(12-17)22(23,24)25/h3-8,11-12H,9-10H2,1-2H3,(H,27,28). The van der Waals surface area contributed by atoms with E-state index < -0.39 is 52.4 Å². The summed E-state index contributed by atoms with van der Waals surface area (Å²) in [5.41, 5.74) is -0.371. The molecule has 0 saturated heterocycles. The van der Waals surface area contributed by atoms with Crippen molar-refractivity contribution in [1.82, 2.24) is 0 Å². The molecule has 0 saturated carbocycles. The molecule has 0 aliphatic heterocycles. The summed E-state index contributed by atoms with van der Waals surface area (Å²) in [7, 11) is -7.10. The van der Waals surface area contributed by atoms with Gasteiger partial charge in [-0.25, -0.2) is 13.0 Å². The molecule has 1 heterocycles. The van der Waals surface area contributed by atoms with Crippen molar-refractivity contribution in [2.75, 3.05) is 19.0 Å². The van der Waals surface area contributed by atoms with Crippen LogP contribution in [0.15, 0.2) is 52.7 Å². The average molecular weight is 545 g/mol. The summed E-state index contributed by atoms with van der Waals surface area (Å²) in [5.74, 6) is -0.734. The van der Waals surface area contributed by atoms with E-state index in [1.54, 1.807) is 12.1 Å². The first-order valence-electron chi connectivity index (χ1n) is 9.86. The first-order chi connectivity index (χ1) is 16.3. The molecule has 2 aromatic carbocycles. The van der Waals surface area contributed by atoms with Crippen molar-refractivity contribution in [1.29, 1.82) is 5.26 Å². The number of alkyl halides is 3. The third kappa shape index (κ3) is 6.44. The molecule has 0 aliphatic carbocycles. The number of nitrogens with zero attached hydrogens (tertiary/aromatic N) is 1. The molecule has 186 valence electrons. The Bertz CT molecular complexity index is 1440. The second-order valence-electron chi connectivity index (χ2n) is 7.39. The topological polar surface area (TPSA) is 114 Å². The van der Waals surface area contributed by atoms with E-state index in [2.05, 4.69) is 0 Å². The van der Waals surface area contributed by atoms with Gasteiger partial charge in [-0.2, -0.15) is 18.4 Å². The molecular formula is C22H19F3NO6PS2. The summed E-state index contributed by atoms with van der Waals surface area (Å²) >= 11 is 0.970. The van der Waals surface area contributed by atoms with Crippen LogP contribution in [0.1, 0.15) is 16.7 Å². The third-order valence-electron chi connectivity index (χ3n) is 4.89. The first-order valence-corrected chi connectivity index (χ1v) is 14.1. The molecular weight excluding hydrogens is 526 g/mol. The van der Waals surface area contributed by atoms with Gasteiger partial charge in [-0.1, -0.05) is 12.1 Å². The molecule has 3 rings (SSSR count). The van der Waals surface area contributed by atoms with Gasteiger partial charge in [0.25, 0.3) is 0 Å². The number of rotatable bonds is 8. The largest absolute Gasteiger partial charge is 0.496 e. The van der Waals surface area contributed by atoms with Gasteiger partial charge in [0.1, 0.15) is 15.7 Å². The van der Waals surface area contributed by atoms with Crippen molar-refractivity contribution in [2.24, 2.45) is 0 Å². The molecule has 0 aliphatic rings. The number of benzene rings is 2. The maximum absolute atomic E-state index is 13.1. The number of hydrogen-bond acceptors (Lipinski definition) is 7. The van der Waals surface area contributed by atoms with Crippen LogP contribution in [-0.4, -0.2) is 32.3 Å². The number of ether oxygens (including phenoxy) is 1. The Kier molecular flexibility index (Phi) is 7.67. The van der Waals surface area contributed by atoms with Gasteiger partial charge in [0.05, 0.1) is 36.2 Å². The van der Waals surface area contributed by atoms with E-state index in [0.29, 0.717) is 16.7 Å². The second-order valence-corrected chi connectivity index (χ2v) is 12.7. The van der Waals surface area contributed by atoms with Crippen molar-refractivity contribution in [3.8, 4) is 28.0 Å². The Morgan fingerprint density at radius 1 is 1.14 bits per heavy atom. The van der Waals surface area contributed by atoms with Crippen LogP contribution in [-0.2, 0) is 20.6 Å². The zero-order chi connectivity index (χ0) is 26.0. The Balaban J connectivity index is 1.75. The summed E-state index contributed by atoms with van der Waals surface area (Å²) in [4.78, 5) is 10.7. The minimum absolute atomic E-state index is 0.0372. The van der Waals surface area contributed by atoms with Crippen LogP contribution >= 0.6 is 18.9 Å². The van der Waals surface area contributed by atoms with E-state index in [-0.39, 0.29) is 4.21 Å². The molecule has 13 heteroatoms. The van der Waals surface area contributed by atoms with Gasteiger partial charge in [-0.3, -0.25) is 0 Å². The van der Waals surface area contributed by atoms with Gasteiger partial charge in [-0.05, 0) is 54.4 Å². The predicted molar refractivity (Wildman–Crippen MR) is 125 cm³/mol. The summed E-state index contributed by atoms with van der Waals surface area (Å²) in [6.45, 7) is 1.87. The van der Waals surface area contributed by atoms with E-state index in [1.165, 1.54) is 19.2 Å². The molecule has 0 fully saturated rings. The number of methoxy groups -OCH3 is 1. The lowest BCUT2D eigenvalue weighted by molar-refractivity contribution is -0.137. The molecule has 0 spiro atoms. The molecule has 1 aromatic heterocycles. The van der Waals surface area contributed by atoms with Gasteiger partial charge in [0.2, 0.25) is 0 Å². The van der Waals surface area contributed by atoms with Crippen molar-refractivity contribution >= 4 is 28.8 Å². The molecule has 0 bridgehead atoms. The van der Waals surface area contributed by atoms with Gasteiger partial charge >= 0.3 is 13.8 Å². The van der Waals surface area contributed by atoms with Crippen LogP contribution in [0.2, 0.25) is 0 Å². The highest BCUT2D eigenvalue weighted by molar-refractivity contribution is 7.93. The van der Waals surface area contributed by atoms with Crippen LogP contribution in [0.5, 0.6) is 11.5 Å². The summed E-state index contributed by atoms with van der Waals surface area (Å²) < 4.78 is 87.2. The highest BCUT2D eigenvalue weighted by atomic mass is 32.2. The van der Waals surface area contributed by atoms with Gasteiger partial charge < -0.3 is 14.2 Å². The Labute approximate surface area is 203 Å². The fraction of sp³-hybridized carbons (Fsp3) is 0.227. The van der Waals surface area contributed by atoms with E-state index in [1.807, 2.05) is 19.1 Å². The average Bonchev–Trinajstić information content (AvgIpc) is 3.29.